The Kier molecular flexibility index (Phi) is 2.57. The highest BCUT2D eigenvalue weighted by Crippen LogP contribution is 2.42. The molecule has 0 aromatic heterocycles. The van der Waals surface area contributed by atoms with E-state index >= 15 is 0 Å². The molecule has 0 amide bonds. The predicted molar refractivity (Wildman–Crippen MR) is 59.1 cm³/mol. The number of phenols is 1. The second kappa shape index (κ2) is 3.74. The molecule has 1 atom stereocenters. The fraction of sp³-hybridized carbons (Fsp3) is 0.500. The van der Waals surface area contributed by atoms with Crippen LogP contribution in [0.25, 0.3) is 0 Å². The smallest absolute Gasteiger partial charge is 0.165 e. The van der Waals surface area contributed by atoms with Crippen LogP contribution in [0.1, 0.15) is 25.3 Å². The minimum atomic E-state index is -0.194. The van der Waals surface area contributed by atoms with Gasteiger partial charge in [0.25, 0.3) is 0 Å². The van der Waals surface area contributed by atoms with Gasteiger partial charge in [-0.3, -0.25) is 0 Å². The van der Waals surface area contributed by atoms with Gasteiger partial charge in [-0.1, -0.05) is 12.1 Å². The summed E-state index contributed by atoms with van der Waals surface area (Å²) in [7, 11) is 0. The molecule has 1 aliphatic heterocycles. The topological polar surface area (TPSA) is 55.5 Å². The maximum Gasteiger partial charge on any atom is 0.165 e. The van der Waals surface area contributed by atoms with E-state index in [2.05, 4.69) is 6.92 Å². The van der Waals surface area contributed by atoms with E-state index in [1.165, 1.54) is 0 Å². The van der Waals surface area contributed by atoms with E-state index in [-0.39, 0.29) is 11.4 Å². The van der Waals surface area contributed by atoms with Gasteiger partial charge in [-0.25, -0.2) is 0 Å². The summed E-state index contributed by atoms with van der Waals surface area (Å²) in [6.07, 6.45) is 2.74. The molecule has 0 fully saturated rings. The lowest BCUT2D eigenvalue weighted by Crippen LogP contribution is -2.30. The summed E-state index contributed by atoms with van der Waals surface area (Å²) in [5, 5.41) is 9.64. The van der Waals surface area contributed by atoms with Gasteiger partial charge >= 0.3 is 0 Å². The van der Waals surface area contributed by atoms with Crippen LogP contribution >= 0.6 is 0 Å². The Morgan fingerprint density at radius 1 is 1.53 bits per heavy atom. The van der Waals surface area contributed by atoms with Crippen LogP contribution in [-0.4, -0.2) is 17.3 Å². The number of fused-ring (bicyclic) bond motifs is 1. The molecule has 1 aliphatic rings. The summed E-state index contributed by atoms with van der Waals surface area (Å²) in [5.74, 6) is 0.890. The van der Waals surface area contributed by atoms with Crippen molar-refractivity contribution in [1.29, 1.82) is 0 Å². The van der Waals surface area contributed by atoms with E-state index in [1.54, 1.807) is 6.07 Å². The van der Waals surface area contributed by atoms with Gasteiger partial charge in [0, 0.05) is 12.0 Å². The van der Waals surface area contributed by atoms with Crippen molar-refractivity contribution in [2.75, 3.05) is 6.54 Å². The van der Waals surface area contributed by atoms with E-state index in [1.807, 2.05) is 12.1 Å². The molecule has 3 N–H and O–H groups in total. The fourth-order valence-electron chi connectivity index (χ4n) is 2.13. The van der Waals surface area contributed by atoms with Crippen LogP contribution in [-0.2, 0) is 6.42 Å². The molecule has 0 spiro atoms. The number of rotatable bonds is 3. The first kappa shape index (κ1) is 10.3. The minimum absolute atomic E-state index is 0.194. The molecule has 3 nitrogen and oxygen atoms in total. The second-order valence-corrected chi connectivity index (χ2v) is 4.39. The molecule has 3 heteroatoms. The summed E-state index contributed by atoms with van der Waals surface area (Å²) in [6.45, 7) is 2.75. The third kappa shape index (κ3) is 1.92. The average molecular weight is 207 g/mol. The number of phenolic OH excluding ortho intramolecular Hbond substituents is 1. The highest BCUT2D eigenvalue weighted by molar-refractivity contribution is 5.49. The van der Waals surface area contributed by atoms with Crippen molar-refractivity contribution < 1.29 is 9.84 Å². The first-order chi connectivity index (χ1) is 7.14. The van der Waals surface area contributed by atoms with Crippen molar-refractivity contribution in [2.24, 2.45) is 5.73 Å². The van der Waals surface area contributed by atoms with Crippen LogP contribution in [0.2, 0.25) is 0 Å². The zero-order chi connectivity index (χ0) is 10.9. The van der Waals surface area contributed by atoms with Gasteiger partial charge in [-0.15, -0.1) is 0 Å². The van der Waals surface area contributed by atoms with Crippen LogP contribution in [0.5, 0.6) is 11.5 Å². The van der Waals surface area contributed by atoms with Crippen molar-refractivity contribution in [1.82, 2.24) is 0 Å². The maximum absolute atomic E-state index is 9.64. The molecule has 1 aromatic carbocycles. The SMILES string of the molecule is CC1(CCCN)Cc2cccc(O)c2O1. The maximum atomic E-state index is 9.64. The van der Waals surface area contributed by atoms with E-state index in [4.69, 9.17) is 10.5 Å². The predicted octanol–water partition coefficient (Wildman–Crippen LogP) is 1.82. The molecular formula is C12H17NO2. The second-order valence-electron chi connectivity index (χ2n) is 4.39. The number of para-hydroxylation sites is 1. The molecule has 0 aliphatic carbocycles. The quantitative estimate of drug-likeness (QED) is 0.795. The molecule has 15 heavy (non-hydrogen) atoms. The molecule has 1 aromatic rings. The van der Waals surface area contributed by atoms with Crippen LogP contribution in [0.4, 0.5) is 0 Å². The Balaban J connectivity index is 2.17. The highest BCUT2D eigenvalue weighted by atomic mass is 16.5. The number of hydrogen-bond acceptors (Lipinski definition) is 3. The van der Waals surface area contributed by atoms with Crippen LogP contribution in [0.3, 0.4) is 0 Å². The lowest BCUT2D eigenvalue weighted by Gasteiger charge is -2.23. The lowest BCUT2D eigenvalue weighted by atomic mass is 9.94. The fourth-order valence-corrected chi connectivity index (χ4v) is 2.13. The summed E-state index contributed by atoms with van der Waals surface area (Å²) >= 11 is 0. The third-order valence-electron chi connectivity index (χ3n) is 2.90. The Morgan fingerprint density at radius 3 is 3.00 bits per heavy atom. The Labute approximate surface area is 89.9 Å². The molecule has 0 radical (unpaired) electrons. The van der Waals surface area contributed by atoms with E-state index in [0.717, 1.165) is 24.8 Å². The molecule has 82 valence electrons. The number of hydrogen-bond donors (Lipinski definition) is 2. The summed E-state index contributed by atoms with van der Waals surface area (Å²) in [6, 6.07) is 5.52. The van der Waals surface area contributed by atoms with E-state index in [9.17, 15) is 5.11 Å². The van der Waals surface area contributed by atoms with Crippen LogP contribution in [0, 0.1) is 0 Å². The largest absolute Gasteiger partial charge is 0.504 e. The zero-order valence-electron chi connectivity index (χ0n) is 8.99. The summed E-state index contributed by atoms with van der Waals surface area (Å²) < 4.78 is 5.82. The third-order valence-corrected chi connectivity index (χ3v) is 2.90. The molecule has 1 unspecified atom stereocenters. The first-order valence-electron chi connectivity index (χ1n) is 5.34. The molecule has 1 heterocycles. The van der Waals surface area contributed by atoms with Crippen molar-refractivity contribution in [3.8, 4) is 11.5 Å². The van der Waals surface area contributed by atoms with Crippen LogP contribution in [0.15, 0.2) is 18.2 Å². The van der Waals surface area contributed by atoms with Gasteiger partial charge in [0.1, 0.15) is 5.60 Å². The number of benzene rings is 1. The molecule has 0 saturated carbocycles. The average Bonchev–Trinajstić information content (AvgIpc) is 2.54. The molecule has 0 bridgehead atoms. The Bertz CT molecular complexity index is 365. The lowest BCUT2D eigenvalue weighted by molar-refractivity contribution is 0.101. The van der Waals surface area contributed by atoms with Crippen LogP contribution < -0.4 is 10.5 Å². The van der Waals surface area contributed by atoms with E-state index < -0.39 is 0 Å². The van der Waals surface area contributed by atoms with E-state index in [0.29, 0.717) is 12.3 Å². The Hall–Kier alpha value is -1.22. The molecule has 0 saturated heterocycles. The summed E-state index contributed by atoms with van der Waals surface area (Å²) in [4.78, 5) is 0. The molecular weight excluding hydrogens is 190 g/mol. The van der Waals surface area contributed by atoms with Gasteiger partial charge in [0.05, 0.1) is 0 Å². The van der Waals surface area contributed by atoms with Gasteiger partial charge in [0.2, 0.25) is 0 Å². The first-order valence-corrected chi connectivity index (χ1v) is 5.34. The monoisotopic (exact) mass is 207 g/mol. The van der Waals surface area contributed by atoms with Crippen molar-refractivity contribution in [3.63, 3.8) is 0 Å². The number of nitrogens with two attached hydrogens (primary N) is 1. The number of aromatic hydroxyl groups is 1. The van der Waals surface area contributed by atoms with Gasteiger partial charge < -0.3 is 15.6 Å². The van der Waals surface area contributed by atoms with Gasteiger partial charge in [0.15, 0.2) is 11.5 Å². The zero-order valence-corrected chi connectivity index (χ0v) is 8.99. The molecule has 2 rings (SSSR count). The minimum Gasteiger partial charge on any atom is -0.504 e. The Morgan fingerprint density at radius 2 is 2.33 bits per heavy atom. The standard InChI is InChI=1S/C12H17NO2/c1-12(6-3-7-13)8-9-4-2-5-10(14)11(9)15-12/h2,4-5,14H,3,6-8,13H2,1H3. The van der Waals surface area contributed by atoms with Crippen molar-refractivity contribution in [3.05, 3.63) is 23.8 Å². The number of ether oxygens (including phenoxy) is 1. The van der Waals surface area contributed by atoms with Gasteiger partial charge in [-0.05, 0) is 32.4 Å². The highest BCUT2D eigenvalue weighted by Gasteiger charge is 2.35. The summed E-state index contributed by atoms with van der Waals surface area (Å²) in [5.41, 5.74) is 6.39. The van der Waals surface area contributed by atoms with Gasteiger partial charge in [-0.2, -0.15) is 0 Å². The normalized spacial score (nSPS) is 23.6. The van der Waals surface area contributed by atoms with Crippen molar-refractivity contribution in [2.45, 2.75) is 31.8 Å². The van der Waals surface area contributed by atoms with Crippen molar-refractivity contribution >= 4 is 0 Å².